The Morgan fingerprint density at radius 1 is 1.62 bits per heavy atom. The SMILES string of the molecule is CCNCC1CC1c1occc1C. The lowest BCUT2D eigenvalue weighted by molar-refractivity contribution is 0.496. The predicted octanol–water partition coefficient (Wildman–Crippen LogP) is 2.30. The van der Waals surface area contributed by atoms with Crippen molar-refractivity contribution in [1.82, 2.24) is 5.32 Å². The maximum absolute atomic E-state index is 5.47. The highest BCUT2D eigenvalue weighted by Gasteiger charge is 2.40. The third kappa shape index (κ3) is 1.78. The van der Waals surface area contributed by atoms with Gasteiger partial charge in [0.2, 0.25) is 0 Å². The van der Waals surface area contributed by atoms with Crippen LogP contribution in [0.15, 0.2) is 16.7 Å². The molecule has 1 aliphatic carbocycles. The molecular formula is C11H17NO. The minimum atomic E-state index is 0.689. The van der Waals surface area contributed by atoms with Crippen molar-refractivity contribution in [3.05, 3.63) is 23.7 Å². The third-order valence-electron chi connectivity index (χ3n) is 2.82. The van der Waals surface area contributed by atoms with Crippen LogP contribution in [0.25, 0.3) is 0 Å². The lowest BCUT2D eigenvalue weighted by atomic mass is 10.2. The highest BCUT2D eigenvalue weighted by atomic mass is 16.3. The lowest BCUT2D eigenvalue weighted by Gasteiger charge is -1.99. The van der Waals surface area contributed by atoms with Crippen LogP contribution in [-0.2, 0) is 0 Å². The van der Waals surface area contributed by atoms with Gasteiger partial charge in [0.05, 0.1) is 6.26 Å². The maximum atomic E-state index is 5.47. The molecule has 2 heteroatoms. The van der Waals surface area contributed by atoms with Gasteiger partial charge in [0.1, 0.15) is 5.76 Å². The summed E-state index contributed by atoms with van der Waals surface area (Å²) in [4.78, 5) is 0. The van der Waals surface area contributed by atoms with Gasteiger partial charge in [-0.05, 0) is 44.0 Å². The van der Waals surface area contributed by atoms with Gasteiger partial charge in [0, 0.05) is 5.92 Å². The predicted molar refractivity (Wildman–Crippen MR) is 52.8 cm³/mol. The van der Waals surface area contributed by atoms with Crippen molar-refractivity contribution >= 4 is 0 Å². The third-order valence-corrected chi connectivity index (χ3v) is 2.82. The Balaban J connectivity index is 1.89. The Morgan fingerprint density at radius 3 is 3.08 bits per heavy atom. The molecule has 1 heterocycles. The molecule has 0 saturated heterocycles. The largest absolute Gasteiger partial charge is 0.469 e. The molecule has 0 aliphatic heterocycles. The number of nitrogens with one attached hydrogen (secondary N) is 1. The van der Waals surface area contributed by atoms with E-state index in [1.807, 2.05) is 0 Å². The topological polar surface area (TPSA) is 25.2 Å². The first kappa shape index (κ1) is 8.82. The smallest absolute Gasteiger partial charge is 0.110 e. The highest BCUT2D eigenvalue weighted by molar-refractivity contribution is 5.24. The summed E-state index contributed by atoms with van der Waals surface area (Å²) in [6.07, 6.45) is 3.09. The van der Waals surface area contributed by atoms with Crippen LogP contribution in [0.4, 0.5) is 0 Å². The molecule has 1 aliphatic rings. The fraction of sp³-hybridized carbons (Fsp3) is 0.636. The molecule has 0 spiro atoms. The Kier molecular flexibility index (Phi) is 2.40. The summed E-state index contributed by atoms with van der Waals surface area (Å²) in [6, 6.07) is 2.05. The van der Waals surface area contributed by atoms with E-state index in [9.17, 15) is 0 Å². The molecule has 0 aromatic carbocycles. The van der Waals surface area contributed by atoms with E-state index in [1.165, 1.54) is 17.7 Å². The van der Waals surface area contributed by atoms with Crippen LogP contribution in [0.1, 0.15) is 30.6 Å². The summed E-state index contributed by atoms with van der Waals surface area (Å²) < 4.78 is 5.47. The van der Waals surface area contributed by atoms with E-state index in [0.29, 0.717) is 5.92 Å². The molecule has 2 nitrogen and oxygen atoms in total. The van der Waals surface area contributed by atoms with Crippen molar-refractivity contribution in [3.8, 4) is 0 Å². The first-order valence-corrected chi connectivity index (χ1v) is 5.07. The van der Waals surface area contributed by atoms with Gasteiger partial charge in [0.25, 0.3) is 0 Å². The zero-order valence-electron chi connectivity index (χ0n) is 8.34. The molecule has 2 atom stereocenters. The van der Waals surface area contributed by atoms with E-state index in [0.717, 1.165) is 19.0 Å². The van der Waals surface area contributed by atoms with Crippen LogP contribution in [0, 0.1) is 12.8 Å². The lowest BCUT2D eigenvalue weighted by Crippen LogP contribution is -2.16. The van der Waals surface area contributed by atoms with Gasteiger partial charge in [-0.15, -0.1) is 0 Å². The highest BCUT2D eigenvalue weighted by Crippen LogP contribution is 2.48. The van der Waals surface area contributed by atoms with E-state index in [-0.39, 0.29) is 0 Å². The minimum absolute atomic E-state index is 0.689. The normalized spacial score (nSPS) is 26.3. The molecule has 2 unspecified atom stereocenters. The fourth-order valence-electron chi connectivity index (χ4n) is 1.89. The molecule has 1 aromatic rings. The first-order valence-electron chi connectivity index (χ1n) is 5.07. The Labute approximate surface area is 79.3 Å². The van der Waals surface area contributed by atoms with Crippen LogP contribution in [0.3, 0.4) is 0 Å². The van der Waals surface area contributed by atoms with Crippen LogP contribution in [0.5, 0.6) is 0 Å². The van der Waals surface area contributed by atoms with Crippen molar-refractivity contribution < 1.29 is 4.42 Å². The van der Waals surface area contributed by atoms with E-state index >= 15 is 0 Å². The van der Waals surface area contributed by atoms with E-state index < -0.39 is 0 Å². The Morgan fingerprint density at radius 2 is 2.46 bits per heavy atom. The molecule has 0 radical (unpaired) electrons. The standard InChI is InChI=1S/C11H17NO/c1-3-12-7-9-6-10(9)11-8(2)4-5-13-11/h4-5,9-10,12H,3,6-7H2,1-2H3. The van der Waals surface area contributed by atoms with Crippen molar-refractivity contribution in [1.29, 1.82) is 0 Å². The molecule has 13 heavy (non-hydrogen) atoms. The first-order chi connectivity index (χ1) is 6.33. The fourth-order valence-corrected chi connectivity index (χ4v) is 1.89. The molecule has 2 rings (SSSR count). The van der Waals surface area contributed by atoms with Gasteiger partial charge in [0.15, 0.2) is 0 Å². The van der Waals surface area contributed by atoms with Crippen LogP contribution in [-0.4, -0.2) is 13.1 Å². The van der Waals surface area contributed by atoms with Crippen LogP contribution < -0.4 is 5.32 Å². The Hall–Kier alpha value is -0.760. The van der Waals surface area contributed by atoms with Crippen molar-refractivity contribution in [2.24, 2.45) is 5.92 Å². The Bertz CT molecular complexity index is 279. The molecule has 1 aromatic heterocycles. The summed E-state index contributed by atoms with van der Waals surface area (Å²) in [5.74, 6) is 2.71. The summed E-state index contributed by atoms with van der Waals surface area (Å²) in [5.41, 5.74) is 1.31. The molecule has 72 valence electrons. The molecule has 1 fully saturated rings. The second kappa shape index (κ2) is 3.54. The summed E-state index contributed by atoms with van der Waals surface area (Å²) >= 11 is 0. The van der Waals surface area contributed by atoms with Crippen molar-refractivity contribution in [2.45, 2.75) is 26.2 Å². The van der Waals surface area contributed by atoms with Crippen molar-refractivity contribution in [2.75, 3.05) is 13.1 Å². The number of hydrogen-bond acceptors (Lipinski definition) is 2. The quantitative estimate of drug-likeness (QED) is 0.767. The monoisotopic (exact) mass is 179 g/mol. The van der Waals surface area contributed by atoms with Crippen LogP contribution in [0.2, 0.25) is 0 Å². The molecule has 0 amide bonds. The average Bonchev–Trinajstić information content (AvgIpc) is 2.77. The van der Waals surface area contributed by atoms with Gasteiger partial charge in [-0.2, -0.15) is 0 Å². The van der Waals surface area contributed by atoms with Gasteiger partial charge in [-0.1, -0.05) is 6.92 Å². The summed E-state index contributed by atoms with van der Waals surface area (Å²) in [7, 11) is 0. The zero-order valence-corrected chi connectivity index (χ0v) is 8.34. The summed E-state index contributed by atoms with van der Waals surface area (Å²) in [5, 5.41) is 3.38. The maximum Gasteiger partial charge on any atom is 0.110 e. The molecule has 1 saturated carbocycles. The molecular weight excluding hydrogens is 162 g/mol. The average molecular weight is 179 g/mol. The zero-order chi connectivity index (χ0) is 9.26. The number of rotatable bonds is 4. The van der Waals surface area contributed by atoms with Gasteiger partial charge in [-0.25, -0.2) is 0 Å². The van der Waals surface area contributed by atoms with E-state index in [4.69, 9.17) is 4.42 Å². The van der Waals surface area contributed by atoms with Gasteiger partial charge in [-0.3, -0.25) is 0 Å². The van der Waals surface area contributed by atoms with Crippen LogP contribution >= 0.6 is 0 Å². The van der Waals surface area contributed by atoms with E-state index in [1.54, 1.807) is 6.26 Å². The second-order valence-corrected chi connectivity index (χ2v) is 3.88. The number of hydrogen-bond donors (Lipinski definition) is 1. The molecule has 1 N–H and O–H groups in total. The summed E-state index contributed by atoms with van der Waals surface area (Å²) in [6.45, 7) is 6.48. The number of aryl methyl sites for hydroxylation is 1. The minimum Gasteiger partial charge on any atom is -0.469 e. The van der Waals surface area contributed by atoms with E-state index in [2.05, 4.69) is 25.2 Å². The van der Waals surface area contributed by atoms with Gasteiger partial charge < -0.3 is 9.73 Å². The van der Waals surface area contributed by atoms with Gasteiger partial charge >= 0.3 is 0 Å². The van der Waals surface area contributed by atoms with Crippen molar-refractivity contribution in [3.63, 3.8) is 0 Å². The number of furan rings is 1. The second-order valence-electron chi connectivity index (χ2n) is 3.88. The molecule has 0 bridgehead atoms.